The summed E-state index contributed by atoms with van der Waals surface area (Å²) in [6, 6.07) is 0. The Morgan fingerprint density at radius 3 is 2.68 bits per heavy atom. The molecule has 0 saturated carbocycles. The number of nitrogens with zero attached hydrogens (tertiary/aromatic N) is 4. The van der Waals surface area contributed by atoms with Crippen LogP contribution in [-0.4, -0.2) is 74.9 Å². The topological polar surface area (TPSA) is 124 Å². The molecule has 2 N–H and O–H groups in total. The number of fused-ring (bicyclic) bond motifs is 2. The van der Waals surface area contributed by atoms with E-state index in [1.165, 1.54) is 13.3 Å². The van der Waals surface area contributed by atoms with E-state index in [9.17, 15) is 14.4 Å². The van der Waals surface area contributed by atoms with Crippen molar-refractivity contribution in [3.63, 3.8) is 0 Å². The number of piperidine rings is 1. The minimum atomic E-state index is -0.543. The second kappa shape index (κ2) is 7.19. The highest BCUT2D eigenvalue weighted by Gasteiger charge is 2.49. The Morgan fingerprint density at radius 1 is 1.21 bits per heavy atom. The monoisotopic (exact) mass is 386 g/mol. The van der Waals surface area contributed by atoms with Gasteiger partial charge in [-0.2, -0.15) is 0 Å². The number of carbonyl (C=O) groups is 2. The van der Waals surface area contributed by atoms with Crippen molar-refractivity contribution in [1.29, 1.82) is 0 Å². The molecule has 4 rings (SSSR count). The van der Waals surface area contributed by atoms with Gasteiger partial charge in [-0.1, -0.05) is 0 Å². The molecule has 4 heterocycles. The molecule has 0 bridgehead atoms. The van der Waals surface area contributed by atoms with Gasteiger partial charge in [0, 0.05) is 45.1 Å². The summed E-state index contributed by atoms with van der Waals surface area (Å²) in [7, 11) is 1.51. The molecule has 2 aliphatic heterocycles. The number of ether oxygens (including phenoxy) is 1. The number of hydrogen-bond acceptors (Lipinski definition) is 6. The van der Waals surface area contributed by atoms with Crippen LogP contribution in [0.2, 0.25) is 0 Å². The van der Waals surface area contributed by atoms with Crippen LogP contribution < -0.4 is 5.56 Å². The maximum atomic E-state index is 12.7. The Morgan fingerprint density at radius 2 is 2.00 bits per heavy atom. The first-order valence-corrected chi connectivity index (χ1v) is 9.21. The summed E-state index contributed by atoms with van der Waals surface area (Å²) in [5, 5.41) is 0. The average molecular weight is 386 g/mol. The van der Waals surface area contributed by atoms with Crippen molar-refractivity contribution in [2.75, 3.05) is 33.4 Å². The molecule has 0 aliphatic carbocycles. The zero-order valence-electron chi connectivity index (χ0n) is 15.6. The van der Waals surface area contributed by atoms with Crippen LogP contribution in [0.5, 0.6) is 0 Å². The molecule has 2 aromatic heterocycles. The standard InChI is InChI=1S/C18H22N6O4/c1-28-10-15(26)24-5-2-12-16(22-11-21-12)18(24)3-6-23(7-4-18)17(27)13-8-20-14(25)9-19-13/h8-9,11H,2-7,10H2,1H3,(H,20,25)(H,21,22). The first kappa shape index (κ1) is 18.4. The van der Waals surface area contributed by atoms with Crippen molar-refractivity contribution < 1.29 is 14.3 Å². The van der Waals surface area contributed by atoms with Gasteiger partial charge in [0.05, 0.1) is 23.8 Å². The number of methoxy groups -OCH3 is 1. The zero-order chi connectivity index (χ0) is 19.7. The Bertz CT molecular complexity index is 923. The summed E-state index contributed by atoms with van der Waals surface area (Å²) in [5.74, 6) is -0.308. The third kappa shape index (κ3) is 2.99. The Kier molecular flexibility index (Phi) is 4.71. The van der Waals surface area contributed by atoms with Gasteiger partial charge in [0.2, 0.25) is 5.91 Å². The first-order chi connectivity index (χ1) is 13.5. The molecule has 0 atom stereocenters. The van der Waals surface area contributed by atoms with Crippen molar-refractivity contribution in [2.24, 2.45) is 0 Å². The summed E-state index contributed by atoms with van der Waals surface area (Å²) in [4.78, 5) is 54.2. The molecule has 10 nitrogen and oxygen atoms in total. The Balaban J connectivity index is 1.58. The Hall–Kier alpha value is -3.01. The smallest absolute Gasteiger partial charge is 0.273 e. The van der Waals surface area contributed by atoms with Crippen LogP contribution >= 0.6 is 0 Å². The maximum Gasteiger partial charge on any atom is 0.273 e. The van der Waals surface area contributed by atoms with E-state index in [0.717, 1.165) is 24.0 Å². The molecule has 0 unspecified atom stereocenters. The number of aromatic amines is 2. The maximum absolute atomic E-state index is 12.7. The van der Waals surface area contributed by atoms with Gasteiger partial charge in [-0.05, 0) is 12.8 Å². The van der Waals surface area contributed by atoms with E-state index in [2.05, 4.69) is 19.9 Å². The first-order valence-electron chi connectivity index (χ1n) is 9.21. The van der Waals surface area contributed by atoms with Gasteiger partial charge in [0.15, 0.2) is 0 Å². The number of aromatic nitrogens is 4. The van der Waals surface area contributed by atoms with Crippen LogP contribution in [0.1, 0.15) is 34.7 Å². The highest BCUT2D eigenvalue weighted by molar-refractivity contribution is 5.92. The molecule has 2 amide bonds. The number of rotatable bonds is 3. The molecule has 1 fully saturated rings. The predicted octanol–water partition coefficient (Wildman–Crippen LogP) is -0.344. The lowest BCUT2D eigenvalue weighted by atomic mass is 9.78. The van der Waals surface area contributed by atoms with E-state index in [0.29, 0.717) is 32.5 Å². The molecule has 0 aromatic carbocycles. The van der Waals surface area contributed by atoms with Gasteiger partial charge < -0.3 is 24.5 Å². The number of hydrogen-bond donors (Lipinski definition) is 2. The summed E-state index contributed by atoms with van der Waals surface area (Å²) >= 11 is 0. The van der Waals surface area contributed by atoms with Crippen LogP contribution in [0.25, 0.3) is 0 Å². The van der Waals surface area contributed by atoms with Crippen LogP contribution in [0.4, 0.5) is 0 Å². The molecule has 10 heteroatoms. The van der Waals surface area contributed by atoms with Crippen molar-refractivity contribution in [1.82, 2.24) is 29.7 Å². The van der Waals surface area contributed by atoms with Gasteiger partial charge in [0.1, 0.15) is 12.3 Å². The van der Waals surface area contributed by atoms with Gasteiger partial charge in [0.25, 0.3) is 11.5 Å². The molecular formula is C18H22N6O4. The fraction of sp³-hybridized carbons (Fsp3) is 0.500. The fourth-order valence-electron chi connectivity index (χ4n) is 4.25. The molecule has 0 radical (unpaired) electrons. The quantitative estimate of drug-likeness (QED) is 0.743. The number of likely N-dealkylation sites (tertiary alicyclic amines) is 1. The zero-order valence-corrected chi connectivity index (χ0v) is 15.6. The lowest BCUT2D eigenvalue weighted by Gasteiger charge is -2.50. The fourth-order valence-corrected chi connectivity index (χ4v) is 4.25. The molecular weight excluding hydrogens is 364 g/mol. The molecule has 1 spiro atoms. The molecule has 2 aromatic rings. The van der Waals surface area contributed by atoms with E-state index in [4.69, 9.17) is 4.74 Å². The highest BCUT2D eigenvalue weighted by atomic mass is 16.5. The summed E-state index contributed by atoms with van der Waals surface area (Å²) in [6.45, 7) is 1.53. The Labute approximate surface area is 160 Å². The second-order valence-electron chi connectivity index (χ2n) is 7.08. The molecule has 1 saturated heterocycles. The number of carbonyl (C=O) groups excluding carboxylic acids is 2. The molecule has 148 valence electrons. The van der Waals surface area contributed by atoms with Crippen molar-refractivity contribution >= 4 is 11.8 Å². The third-order valence-electron chi connectivity index (χ3n) is 5.60. The highest BCUT2D eigenvalue weighted by Crippen LogP contribution is 2.42. The predicted molar refractivity (Wildman–Crippen MR) is 97.6 cm³/mol. The number of imidazole rings is 1. The number of amides is 2. The third-order valence-corrected chi connectivity index (χ3v) is 5.60. The molecule has 2 aliphatic rings. The van der Waals surface area contributed by atoms with Crippen LogP contribution in [0.3, 0.4) is 0 Å². The van der Waals surface area contributed by atoms with Gasteiger partial charge >= 0.3 is 0 Å². The van der Waals surface area contributed by atoms with Crippen molar-refractivity contribution in [2.45, 2.75) is 24.8 Å². The lowest BCUT2D eigenvalue weighted by Crippen LogP contribution is -2.59. The lowest BCUT2D eigenvalue weighted by molar-refractivity contribution is -0.145. The normalized spacial score (nSPS) is 18.2. The van der Waals surface area contributed by atoms with Crippen LogP contribution in [0, 0.1) is 0 Å². The largest absolute Gasteiger partial charge is 0.375 e. The van der Waals surface area contributed by atoms with Gasteiger partial charge in [-0.25, -0.2) is 9.97 Å². The van der Waals surface area contributed by atoms with Crippen molar-refractivity contribution in [3.05, 3.63) is 46.2 Å². The van der Waals surface area contributed by atoms with Gasteiger partial charge in [-0.3, -0.25) is 14.4 Å². The minimum Gasteiger partial charge on any atom is -0.375 e. The van der Waals surface area contributed by atoms with E-state index < -0.39 is 5.54 Å². The SMILES string of the molecule is COCC(=O)N1CCc2[nH]cnc2C12CCN(C(=O)c1c[nH]c(=O)cn1)CC2. The van der Waals surface area contributed by atoms with Crippen LogP contribution in [-0.2, 0) is 21.5 Å². The summed E-state index contributed by atoms with van der Waals surface area (Å²) in [6.07, 6.45) is 5.97. The van der Waals surface area contributed by atoms with E-state index >= 15 is 0 Å². The van der Waals surface area contributed by atoms with Crippen LogP contribution in [0.15, 0.2) is 23.5 Å². The number of nitrogens with one attached hydrogen (secondary N) is 2. The van der Waals surface area contributed by atoms with Gasteiger partial charge in [-0.15, -0.1) is 0 Å². The molecule has 28 heavy (non-hydrogen) atoms. The van der Waals surface area contributed by atoms with E-state index in [1.54, 1.807) is 11.2 Å². The summed E-state index contributed by atoms with van der Waals surface area (Å²) < 4.78 is 5.07. The number of H-pyrrole nitrogens is 2. The second-order valence-corrected chi connectivity index (χ2v) is 7.08. The van der Waals surface area contributed by atoms with Crippen molar-refractivity contribution in [3.8, 4) is 0 Å². The van der Waals surface area contributed by atoms with E-state index in [-0.39, 0.29) is 29.7 Å². The average Bonchev–Trinajstić information content (AvgIpc) is 3.19. The summed E-state index contributed by atoms with van der Waals surface area (Å²) in [5.41, 5.74) is 1.24. The van der Waals surface area contributed by atoms with E-state index in [1.807, 2.05) is 4.90 Å². The minimum absolute atomic E-state index is 0.0193.